The van der Waals surface area contributed by atoms with E-state index in [-0.39, 0.29) is 13.2 Å². The Labute approximate surface area is 168 Å². The lowest BCUT2D eigenvalue weighted by atomic mass is 10.1. The molecule has 0 aliphatic carbocycles. The molecule has 5 heteroatoms. The van der Waals surface area contributed by atoms with Crippen molar-refractivity contribution < 1.29 is 14.9 Å². The lowest BCUT2D eigenvalue weighted by molar-refractivity contribution is 0.0562. The summed E-state index contributed by atoms with van der Waals surface area (Å²) < 4.78 is 5.43. The summed E-state index contributed by atoms with van der Waals surface area (Å²) in [6.07, 6.45) is 1.87. The summed E-state index contributed by atoms with van der Waals surface area (Å²) in [6.45, 7) is 5.61. The molecule has 1 aliphatic heterocycles. The lowest BCUT2D eigenvalue weighted by Crippen LogP contribution is -2.53. The Balaban J connectivity index is 1.51. The van der Waals surface area contributed by atoms with Gasteiger partial charge in [-0.25, -0.2) is 0 Å². The fourth-order valence-corrected chi connectivity index (χ4v) is 3.85. The molecule has 0 aromatic heterocycles. The van der Waals surface area contributed by atoms with Crippen molar-refractivity contribution in [1.82, 2.24) is 9.80 Å². The van der Waals surface area contributed by atoms with Gasteiger partial charge in [0.05, 0.1) is 6.61 Å². The molecule has 0 spiro atoms. The number of hydrogen-bond acceptors (Lipinski definition) is 5. The van der Waals surface area contributed by atoms with Gasteiger partial charge in [-0.3, -0.25) is 9.80 Å². The van der Waals surface area contributed by atoms with Crippen molar-refractivity contribution in [2.45, 2.75) is 25.4 Å². The molecule has 1 fully saturated rings. The zero-order chi connectivity index (χ0) is 19.6. The van der Waals surface area contributed by atoms with Crippen LogP contribution < -0.4 is 4.74 Å². The largest absolute Gasteiger partial charge is 0.491 e. The molecular weight excluding hydrogens is 352 g/mol. The summed E-state index contributed by atoms with van der Waals surface area (Å²) >= 11 is 0. The van der Waals surface area contributed by atoms with Crippen molar-refractivity contribution in [3.8, 4) is 5.75 Å². The predicted octanol–water partition coefficient (Wildman–Crippen LogP) is 2.17. The van der Waals surface area contributed by atoms with Crippen LogP contribution >= 0.6 is 0 Å². The second-order valence-corrected chi connectivity index (χ2v) is 7.39. The van der Waals surface area contributed by atoms with E-state index in [0.29, 0.717) is 12.6 Å². The van der Waals surface area contributed by atoms with Crippen molar-refractivity contribution in [2.24, 2.45) is 0 Å². The molecule has 152 valence electrons. The van der Waals surface area contributed by atoms with Crippen molar-refractivity contribution >= 4 is 0 Å². The van der Waals surface area contributed by atoms with Crippen LogP contribution in [0.4, 0.5) is 0 Å². The van der Waals surface area contributed by atoms with Crippen LogP contribution in [-0.2, 0) is 13.0 Å². The SMILES string of the molecule is OCCOc1ccc(CN2CCN(CCc3ccccc3)[C@@H](CCO)C2)cc1. The highest BCUT2D eigenvalue weighted by Crippen LogP contribution is 2.18. The molecule has 0 unspecified atom stereocenters. The quantitative estimate of drug-likeness (QED) is 0.658. The summed E-state index contributed by atoms with van der Waals surface area (Å²) in [4.78, 5) is 5.01. The second kappa shape index (κ2) is 11.2. The third-order valence-electron chi connectivity index (χ3n) is 5.37. The fourth-order valence-electron chi connectivity index (χ4n) is 3.85. The highest BCUT2D eigenvalue weighted by atomic mass is 16.5. The van der Waals surface area contributed by atoms with Gasteiger partial charge in [-0.15, -0.1) is 0 Å². The van der Waals surface area contributed by atoms with Gasteiger partial charge in [0, 0.05) is 45.4 Å². The molecule has 28 heavy (non-hydrogen) atoms. The summed E-state index contributed by atoms with van der Waals surface area (Å²) in [5.41, 5.74) is 2.63. The maximum atomic E-state index is 9.52. The average Bonchev–Trinajstić information content (AvgIpc) is 2.74. The fraction of sp³-hybridized carbons (Fsp3) is 0.478. The van der Waals surface area contributed by atoms with E-state index < -0.39 is 0 Å². The average molecular weight is 385 g/mol. The smallest absolute Gasteiger partial charge is 0.119 e. The Hall–Kier alpha value is -1.92. The standard InChI is InChI=1S/C23H32N2O3/c26-15-11-22-19-24(18-21-6-8-23(9-7-21)28-17-16-27)13-14-25(22)12-10-20-4-2-1-3-5-20/h1-9,22,26-27H,10-19H2/t22-/m0/s1. The molecule has 1 atom stereocenters. The number of hydrogen-bond donors (Lipinski definition) is 2. The van der Waals surface area contributed by atoms with Gasteiger partial charge in [-0.05, 0) is 36.1 Å². The number of ether oxygens (including phenoxy) is 1. The highest BCUT2D eigenvalue weighted by molar-refractivity contribution is 5.27. The number of benzene rings is 2. The summed E-state index contributed by atoms with van der Waals surface area (Å²) in [6, 6.07) is 19.1. The van der Waals surface area contributed by atoms with Crippen LogP contribution in [-0.4, -0.2) is 72.1 Å². The van der Waals surface area contributed by atoms with Crippen LogP contribution in [0.2, 0.25) is 0 Å². The minimum atomic E-state index is 0.0303. The molecule has 0 saturated carbocycles. The van der Waals surface area contributed by atoms with E-state index in [1.807, 2.05) is 12.1 Å². The van der Waals surface area contributed by atoms with Crippen LogP contribution in [0.3, 0.4) is 0 Å². The zero-order valence-electron chi connectivity index (χ0n) is 16.5. The molecule has 1 saturated heterocycles. The molecule has 2 aromatic rings. The Kier molecular flexibility index (Phi) is 8.30. The van der Waals surface area contributed by atoms with E-state index in [4.69, 9.17) is 9.84 Å². The Bertz CT molecular complexity index is 678. The summed E-state index contributed by atoms with van der Waals surface area (Å²) in [7, 11) is 0. The summed E-state index contributed by atoms with van der Waals surface area (Å²) in [5, 5.41) is 18.4. The Morgan fingerprint density at radius 2 is 1.68 bits per heavy atom. The lowest BCUT2D eigenvalue weighted by Gasteiger charge is -2.41. The molecule has 3 rings (SSSR count). The first-order chi connectivity index (χ1) is 13.8. The van der Waals surface area contributed by atoms with Crippen LogP contribution in [0, 0.1) is 0 Å². The zero-order valence-corrected chi connectivity index (χ0v) is 16.5. The molecule has 1 heterocycles. The molecule has 2 aromatic carbocycles. The highest BCUT2D eigenvalue weighted by Gasteiger charge is 2.26. The van der Waals surface area contributed by atoms with Gasteiger partial charge in [-0.2, -0.15) is 0 Å². The van der Waals surface area contributed by atoms with E-state index in [1.165, 1.54) is 11.1 Å². The van der Waals surface area contributed by atoms with Crippen molar-refractivity contribution in [3.63, 3.8) is 0 Å². The first-order valence-corrected chi connectivity index (χ1v) is 10.2. The second-order valence-electron chi connectivity index (χ2n) is 7.39. The van der Waals surface area contributed by atoms with Gasteiger partial charge in [0.15, 0.2) is 0 Å². The third-order valence-corrected chi connectivity index (χ3v) is 5.37. The molecular formula is C23H32N2O3. The third kappa shape index (κ3) is 6.31. The van der Waals surface area contributed by atoms with Gasteiger partial charge in [-0.1, -0.05) is 42.5 Å². The van der Waals surface area contributed by atoms with Crippen LogP contribution in [0.1, 0.15) is 17.5 Å². The number of rotatable bonds is 10. The van der Waals surface area contributed by atoms with Gasteiger partial charge in [0.1, 0.15) is 12.4 Å². The first kappa shape index (κ1) is 20.8. The number of aliphatic hydroxyl groups is 2. The van der Waals surface area contributed by atoms with E-state index >= 15 is 0 Å². The van der Waals surface area contributed by atoms with Crippen LogP contribution in [0.5, 0.6) is 5.75 Å². The maximum absolute atomic E-state index is 9.52. The van der Waals surface area contributed by atoms with E-state index in [1.54, 1.807) is 0 Å². The van der Waals surface area contributed by atoms with E-state index in [0.717, 1.165) is 51.3 Å². The van der Waals surface area contributed by atoms with Gasteiger partial charge in [0.25, 0.3) is 0 Å². The number of piperazine rings is 1. The predicted molar refractivity (Wildman–Crippen MR) is 112 cm³/mol. The summed E-state index contributed by atoms with van der Waals surface area (Å²) in [5.74, 6) is 0.793. The minimum absolute atomic E-state index is 0.0303. The van der Waals surface area contributed by atoms with Crippen LogP contribution in [0.15, 0.2) is 54.6 Å². The molecule has 0 radical (unpaired) electrons. The van der Waals surface area contributed by atoms with Crippen LogP contribution in [0.25, 0.3) is 0 Å². The monoisotopic (exact) mass is 384 g/mol. The molecule has 0 bridgehead atoms. The normalized spacial score (nSPS) is 18.3. The maximum Gasteiger partial charge on any atom is 0.119 e. The van der Waals surface area contributed by atoms with Gasteiger partial charge in [0.2, 0.25) is 0 Å². The van der Waals surface area contributed by atoms with Crippen molar-refractivity contribution in [2.75, 3.05) is 46.0 Å². The molecule has 0 amide bonds. The van der Waals surface area contributed by atoms with Gasteiger partial charge < -0.3 is 14.9 Å². The van der Waals surface area contributed by atoms with Gasteiger partial charge >= 0.3 is 0 Å². The van der Waals surface area contributed by atoms with Crippen molar-refractivity contribution in [3.05, 3.63) is 65.7 Å². The molecule has 2 N–H and O–H groups in total. The van der Waals surface area contributed by atoms with E-state index in [9.17, 15) is 5.11 Å². The minimum Gasteiger partial charge on any atom is -0.491 e. The van der Waals surface area contributed by atoms with Crippen molar-refractivity contribution in [1.29, 1.82) is 0 Å². The topological polar surface area (TPSA) is 56.2 Å². The first-order valence-electron chi connectivity index (χ1n) is 10.2. The molecule has 5 nitrogen and oxygen atoms in total. The number of aliphatic hydroxyl groups excluding tert-OH is 2. The van der Waals surface area contributed by atoms with E-state index in [2.05, 4.69) is 52.3 Å². The Morgan fingerprint density at radius 3 is 2.39 bits per heavy atom. The number of nitrogens with zero attached hydrogens (tertiary/aromatic N) is 2. The Morgan fingerprint density at radius 1 is 0.893 bits per heavy atom. The molecule has 1 aliphatic rings.